The lowest BCUT2D eigenvalue weighted by Gasteiger charge is -2.10. The second-order valence-corrected chi connectivity index (χ2v) is 11.0. The van der Waals surface area contributed by atoms with Crippen molar-refractivity contribution in [2.75, 3.05) is 11.5 Å². The van der Waals surface area contributed by atoms with E-state index in [0.717, 1.165) is 6.42 Å². The van der Waals surface area contributed by atoms with Gasteiger partial charge in [0.1, 0.15) is 0 Å². The maximum Gasteiger partial charge on any atom is 0.00858 e. The molecule has 30 heavy (non-hydrogen) atoms. The molecule has 1 aromatic carbocycles. The highest BCUT2D eigenvalue weighted by atomic mass is 32.2. The first-order valence-corrected chi connectivity index (χ1v) is 15.0. The van der Waals surface area contributed by atoms with Gasteiger partial charge in [-0.15, -0.1) is 23.5 Å². The summed E-state index contributed by atoms with van der Waals surface area (Å²) < 4.78 is 0. The Labute approximate surface area is 198 Å². The van der Waals surface area contributed by atoms with Crippen LogP contribution in [0.1, 0.15) is 122 Å². The monoisotopic (exact) mass is 449 g/mol. The molecule has 0 saturated heterocycles. The van der Waals surface area contributed by atoms with Gasteiger partial charge in [0, 0.05) is 9.79 Å². The van der Waals surface area contributed by atoms with Crippen LogP contribution in [0.5, 0.6) is 0 Å². The van der Waals surface area contributed by atoms with Crippen molar-refractivity contribution in [3.05, 3.63) is 30.7 Å². The number of hydrogen-bond acceptors (Lipinski definition) is 2. The van der Waals surface area contributed by atoms with E-state index in [0.29, 0.717) is 0 Å². The molecular formula is C28H49S2. The van der Waals surface area contributed by atoms with Crippen molar-refractivity contribution < 1.29 is 0 Å². The van der Waals surface area contributed by atoms with Crippen molar-refractivity contribution in [2.45, 2.75) is 133 Å². The standard InChI is InChI=1S/C28H49S2/c1-4-7-10-12-14-16-18-21-29-27-23-26(20-9-6-3)24-28(25-27)30-22-19-17-15-13-11-8-5-2/h23-25H,3-22H2,1-2H3. The predicted molar refractivity (Wildman–Crippen MR) is 142 cm³/mol. The number of thioether (sulfide) groups is 2. The van der Waals surface area contributed by atoms with E-state index in [2.05, 4.69) is 62.5 Å². The van der Waals surface area contributed by atoms with E-state index >= 15 is 0 Å². The van der Waals surface area contributed by atoms with Crippen LogP contribution in [-0.4, -0.2) is 11.5 Å². The summed E-state index contributed by atoms with van der Waals surface area (Å²) in [7, 11) is 0. The fourth-order valence-electron chi connectivity index (χ4n) is 3.77. The molecule has 0 saturated carbocycles. The molecule has 0 N–H and O–H groups in total. The molecule has 0 aromatic heterocycles. The van der Waals surface area contributed by atoms with Crippen LogP contribution in [0.4, 0.5) is 0 Å². The summed E-state index contributed by atoms with van der Waals surface area (Å²) in [6.07, 6.45) is 23.0. The summed E-state index contributed by atoms with van der Waals surface area (Å²) in [4.78, 5) is 2.98. The molecule has 0 heterocycles. The van der Waals surface area contributed by atoms with E-state index < -0.39 is 0 Å². The summed E-state index contributed by atoms with van der Waals surface area (Å²) in [6.45, 7) is 8.62. The van der Waals surface area contributed by atoms with Crippen molar-refractivity contribution >= 4 is 23.5 Å². The van der Waals surface area contributed by atoms with Gasteiger partial charge in [-0.1, -0.05) is 104 Å². The van der Waals surface area contributed by atoms with Crippen molar-refractivity contribution in [3.8, 4) is 0 Å². The van der Waals surface area contributed by atoms with Crippen molar-refractivity contribution in [1.82, 2.24) is 0 Å². The Morgan fingerprint density at radius 1 is 0.567 bits per heavy atom. The van der Waals surface area contributed by atoms with E-state index in [1.807, 2.05) is 0 Å². The minimum absolute atomic E-state index is 1.04. The van der Waals surface area contributed by atoms with E-state index in [1.165, 1.54) is 130 Å². The third kappa shape index (κ3) is 15.7. The van der Waals surface area contributed by atoms with Crippen LogP contribution in [0.15, 0.2) is 28.0 Å². The molecule has 0 bridgehead atoms. The molecule has 0 atom stereocenters. The first kappa shape index (κ1) is 28.0. The second-order valence-electron chi connectivity index (χ2n) is 8.71. The zero-order chi connectivity index (χ0) is 21.7. The van der Waals surface area contributed by atoms with Gasteiger partial charge in [-0.05, 0) is 61.0 Å². The van der Waals surface area contributed by atoms with Gasteiger partial charge in [0.25, 0.3) is 0 Å². The van der Waals surface area contributed by atoms with Crippen molar-refractivity contribution in [1.29, 1.82) is 0 Å². The van der Waals surface area contributed by atoms with Gasteiger partial charge in [-0.25, -0.2) is 0 Å². The Hall–Kier alpha value is -0.0800. The Balaban J connectivity index is 2.34. The Morgan fingerprint density at radius 2 is 1.00 bits per heavy atom. The molecule has 0 amide bonds. The second kappa shape index (κ2) is 20.8. The van der Waals surface area contributed by atoms with Gasteiger partial charge in [0.05, 0.1) is 0 Å². The molecule has 0 fully saturated rings. The first-order valence-electron chi connectivity index (χ1n) is 13.0. The first-order chi connectivity index (χ1) is 14.8. The fourth-order valence-corrected chi connectivity index (χ4v) is 5.90. The highest BCUT2D eigenvalue weighted by Crippen LogP contribution is 2.29. The number of benzene rings is 1. The van der Waals surface area contributed by atoms with E-state index in [9.17, 15) is 0 Å². The molecule has 0 aliphatic rings. The summed E-state index contributed by atoms with van der Waals surface area (Å²) in [6, 6.07) is 7.34. The van der Waals surface area contributed by atoms with E-state index in [-0.39, 0.29) is 0 Å². The number of unbranched alkanes of at least 4 members (excludes halogenated alkanes) is 13. The highest BCUT2D eigenvalue weighted by Gasteiger charge is 2.04. The maximum atomic E-state index is 4.03. The quantitative estimate of drug-likeness (QED) is 0.135. The summed E-state index contributed by atoms with van der Waals surface area (Å²) in [5.74, 6) is 2.54. The average Bonchev–Trinajstić information content (AvgIpc) is 2.76. The lowest BCUT2D eigenvalue weighted by atomic mass is 10.1. The molecule has 0 spiro atoms. The normalized spacial score (nSPS) is 11.3. The zero-order valence-electron chi connectivity index (χ0n) is 20.2. The van der Waals surface area contributed by atoms with Crippen LogP contribution in [-0.2, 0) is 6.42 Å². The lowest BCUT2D eigenvalue weighted by Crippen LogP contribution is -1.90. The van der Waals surface area contributed by atoms with Crippen molar-refractivity contribution in [3.63, 3.8) is 0 Å². The van der Waals surface area contributed by atoms with Gasteiger partial charge in [0.15, 0.2) is 0 Å². The molecule has 1 radical (unpaired) electrons. The molecule has 1 aromatic rings. The lowest BCUT2D eigenvalue weighted by molar-refractivity contribution is 0.603. The van der Waals surface area contributed by atoms with Gasteiger partial charge in [-0.2, -0.15) is 0 Å². The third-order valence-corrected chi connectivity index (χ3v) is 7.81. The molecule has 0 aliphatic heterocycles. The van der Waals surface area contributed by atoms with E-state index in [4.69, 9.17) is 0 Å². The maximum absolute atomic E-state index is 4.03. The smallest absolute Gasteiger partial charge is 0.00858 e. The summed E-state index contributed by atoms with van der Waals surface area (Å²) >= 11 is 4.15. The number of hydrogen-bond donors (Lipinski definition) is 0. The molecule has 2 heteroatoms. The van der Waals surface area contributed by atoms with Crippen molar-refractivity contribution in [2.24, 2.45) is 0 Å². The van der Waals surface area contributed by atoms with Gasteiger partial charge in [0.2, 0.25) is 0 Å². The topological polar surface area (TPSA) is 0 Å². The molecule has 0 aliphatic carbocycles. The highest BCUT2D eigenvalue weighted by molar-refractivity contribution is 8.00. The zero-order valence-corrected chi connectivity index (χ0v) is 21.8. The minimum Gasteiger partial charge on any atom is -0.126 e. The van der Waals surface area contributed by atoms with E-state index in [1.54, 1.807) is 0 Å². The largest absolute Gasteiger partial charge is 0.126 e. The molecule has 0 nitrogen and oxygen atoms in total. The van der Waals surface area contributed by atoms with Gasteiger partial charge < -0.3 is 0 Å². The predicted octanol–water partition coefficient (Wildman–Crippen LogP) is 10.5. The average molecular weight is 450 g/mol. The molecule has 0 unspecified atom stereocenters. The van der Waals surface area contributed by atoms with Crippen LogP contribution >= 0.6 is 23.5 Å². The van der Waals surface area contributed by atoms with Crippen LogP contribution in [0, 0.1) is 6.92 Å². The summed E-state index contributed by atoms with van der Waals surface area (Å²) in [5, 5.41) is 0. The van der Waals surface area contributed by atoms with Crippen LogP contribution in [0.25, 0.3) is 0 Å². The van der Waals surface area contributed by atoms with Crippen LogP contribution in [0.3, 0.4) is 0 Å². The Morgan fingerprint density at radius 3 is 1.43 bits per heavy atom. The fraction of sp³-hybridized carbons (Fsp3) is 0.750. The summed E-state index contributed by atoms with van der Waals surface area (Å²) in [5.41, 5.74) is 1.52. The number of aryl methyl sites for hydroxylation is 1. The Kier molecular flexibility index (Phi) is 19.4. The molecular weight excluding hydrogens is 400 g/mol. The molecule has 173 valence electrons. The minimum atomic E-state index is 1.04. The van der Waals surface area contributed by atoms with Crippen LogP contribution < -0.4 is 0 Å². The number of rotatable bonds is 21. The van der Waals surface area contributed by atoms with Crippen LogP contribution in [0.2, 0.25) is 0 Å². The Bertz CT molecular complexity index is 459. The van der Waals surface area contributed by atoms with Gasteiger partial charge >= 0.3 is 0 Å². The third-order valence-electron chi connectivity index (χ3n) is 5.69. The molecule has 1 rings (SSSR count). The SMILES string of the molecule is [CH2]CCCc1cc(SCCCCCCCCC)cc(SCCCCCCCCC)c1. The van der Waals surface area contributed by atoms with Gasteiger partial charge in [-0.3, -0.25) is 0 Å².